The highest BCUT2D eigenvalue weighted by molar-refractivity contribution is 5.75. The van der Waals surface area contributed by atoms with Crippen molar-refractivity contribution in [2.24, 2.45) is 5.92 Å². The first-order valence-corrected chi connectivity index (χ1v) is 7.38. The molecule has 1 unspecified atom stereocenters. The summed E-state index contributed by atoms with van der Waals surface area (Å²) in [7, 11) is 0. The second-order valence-electron chi connectivity index (χ2n) is 6.36. The first kappa shape index (κ1) is 15.1. The zero-order valence-corrected chi connectivity index (χ0v) is 12.0. The number of β-amino-alcohol motifs (C(OH)–C–C–N with tert-alkyl or cyclic N) is 1. The molecule has 1 atom stereocenters. The van der Waals surface area contributed by atoms with Gasteiger partial charge in [0.1, 0.15) is 0 Å². The van der Waals surface area contributed by atoms with Crippen LogP contribution in [0.15, 0.2) is 0 Å². The van der Waals surface area contributed by atoms with Gasteiger partial charge in [0.2, 0.25) is 0 Å². The Morgan fingerprint density at radius 2 is 1.90 bits per heavy atom. The van der Waals surface area contributed by atoms with Crippen LogP contribution in [0.2, 0.25) is 0 Å². The predicted octanol–water partition coefficient (Wildman–Crippen LogP) is 1.19. The highest BCUT2D eigenvalue weighted by Crippen LogP contribution is 2.25. The summed E-state index contributed by atoms with van der Waals surface area (Å²) >= 11 is 0. The van der Waals surface area contributed by atoms with E-state index in [-0.39, 0.29) is 18.0 Å². The van der Waals surface area contributed by atoms with E-state index in [0.717, 1.165) is 12.8 Å². The molecule has 0 spiro atoms. The van der Waals surface area contributed by atoms with E-state index in [0.29, 0.717) is 38.8 Å². The number of hydrogen-bond donors (Lipinski definition) is 3. The Labute approximate surface area is 119 Å². The van der Waals surface area contributed by atoms with Crippen molar-refractivity contribution in [3.8, 4) is 0 Å². The first-order valence-electron chi connectivity index (χ1n) is 7.38. The second kappa shape index (κ2) is 5.99. The zero-order chi connectivity index (χ0) is 14.8. The summed E-state index contributed by atoms with van der Waals surface area (Å²) in [5.74, 6) is -0.999. The van der Waals surface area contributed by atoms with Crippen LogP contribution in [0.5, 0.6) is 0 Å². The Morgan fingerprint density at radius 1 is 1.25 bits per heavy atom. The number of nitrogens with zero attached hydrogens (tertiary/aromatic N) is 1. The van der Waals surface area contributed by atoms with Crippen LogP contribution in [0.25, 0.3) is 0 Å². The summed E-state index contributed by atoms with van der Waals surface area (Å²) < 4.78 is 0. The molecule has 0 aromatic heterocycles. The van der Waals surface area contributed by atoms with Crippen LogP contribution in [0.3, 0.4) is 0 Å². The Morgan fingerprint density at radius 3 is 2.45 bits per heavy atom. The molecular formula is C14H24N2O4. The van der Waals surface area contributed by atoms with E-state index in [4.69, 9.17) is 5.11 Å². The van der Waals surface area contributed by atoms with Gasteiger partial charge in [0.15, 0.2) is 0 Å². The van der Waals surface area contributed by atoms with E-state index >= 15 is 0 Å². The van der Waals surface area contributed by atoms with Crippen molar-refractivity contribution in [3.63, 3.8) is 0 Å². The van der Waals surface area contributed by atoms with E-state index < -0.39 is 11.6 Å². The zero-order valence-electron chi connectivity index (χ0n) is 12.0. The van der Waals surface area contributed by atoms with Crippen molar-refractivity contribution >= 4 is 12.0 Å². The molecule has 1 saturated carbocycles. The van der Waals surface area contributed by atoms with Gasteiger partial charge in [0, 0.05) is 12.6 Å². The molecule has 2 aliphatic rings. The van der Waals surface area contributed by atoms with Crippen LogP contribution < -0.4 is 5.32 Å². The van der Waals surface area contributed by atoms with Crippen molar-refractivity contribution < 1.29 is 19.8 Å². The lowest BCUT2D eigenvalue weighted by Gasteiger charge is -2.38. The molecule has 6 heteroatoms. The summed E-state index contributed by atoms with van der Waals surface area (Å²) in [6, 6.07) is -0.0753. The number of aliphatic carboxylic acids is 1. The van der Waals surface area contributed by atoms with Gasteiger partial charge in [-0.25, -0.2) is 4.79 Å². The summed E-state index contributed by atoms with van der Waals surface area (Å²) in [5.41, 5.74) is -0.795. The fourth-order valence-corrected chi connectivity index (χ4v) is 3.14. The normalized spacial score (nSPS) is 34.6. The fourth-order valence-electron chi connectivity index (χ4n) is 3.14. The number of aliphatic hydroxyl groups is 1. The van der Waals surface area contributed by atoms with E-state index in [2.05, 4.69) is 5.32 Å². The number of hydrogen-bond acceptors (Lipinski definition) is 3. The van der Waals surface area contributed by atoms with Gasteiger partial charge in [0.25, 0.3) is 0 Å². The molecule has 6 nitrogen and oxygen atoms in total. The Kier molecular flexibility index (Phi) is 4.52. The minimum absolute atomic E-state index is 0.0602. The Hall–Kier alpha value is -1.30. The lowest BCUT2D eigenvalue weighted by molar-refractivity contribution is -0.142. The number of amides is 2. The van der Waals surface area contributed by atoms with Crippen LogP contribution in [0.4, 0.5) is 4.79 Å². The highest BCUT2D eigenvalue weighted by Gasteiger charge is 2.32. The van der Waals surface area contributed by atoms with Crippen LogP contribution >= 0.6 is 0 Å². The smallest absolute Gasteiger partial charge is 0.317 e. The molecule has 0 aromatic carbocycles. The summed E-state index contributed by atoms with van der Waals surface area (Å²) in [4.78, 5) is 24.7. The van der Waals surface area contributed by atoms with Crippen molar-refractivity contribution in [1.82, 2.24) is 10.2 Å². The molecule has 2 fully saturated rings. The average molecular weight is 284 g/mol. The molecule has 114 valence electrons. The lowest BCUT2D eigenvalue weighted by Crippen LogP contribution is -2.54. The number of carbonyl (C=O) groups is 2. The van der Waals surface area contributed by atoms with E-state index in [1.165, 1.54) is 0 Å². The van der Waals surface area contributed by atoms with Gasteiger partial charge in [-0.3, -0.25) is 4.79 Å². The third kappa shape index (κ3) is 3.85. The maximum absolute atomic E-state index is 12.2. The molecule has 1 aliphatic heterocycles. The number of likely N-dealkylation sites (tertiary alicyclic amines) is 1. The first-order chi connectivity index (χ1) is 9.37. The standard InChI is InChI=1S/C14H24N2O4/c1-14(20)7-2-8-16(9-14)13(19)15-11-5-3-10(4-6-11)12(17)18/h10-11,20H,2-9H2,1H3,(H,15,19)(H,17,18). The summed E-state index contributed by atoms with van der Waals surface area (Å²) in [6.07, 6.45) is 4.21. The van der Waals surface area contributed by atoms with Gasteiger partial charge < -0.3 is 20.4 Å². The molecular weight excluding hydrogens is 260 g/mol. The number of carboxylic acids is 1. The summed E-state index contributed by atoms with van der Waals surface area (Å²) in [6.45, 7) is 2.79. The van der Waals surface area contributed by atoms with Crippen LogP contribution in [-0.2, 0) is 4.79 Å². The number of carboxylic acid groups (broad SMARTS) is 1. The summed E-state index contributed by atoms with van der Waals surface area (Å²) in [5, 5.41) is 21.9. The van der Waals surface area contributed by atoms with Gasteiger partial charge in [-0.15, -0.1) is 0 Å². The minimum atomic E-state index is -0.795. The number of nitrogens with one attached hydrogen (secondary N) is 1. The van der Waals surface area contributed by atoms with Gasteiger partial charge >= 0.3 is 12.0 Å². The lowest BCUT2D eigenvalue weighted by atomic mass is 9.86. The molecule has 1 heterocycles. The van der Waals surface area contributed by atoms with Gasteiger partial charge in [-0.1, -0.05) is 0 Å². The number of piperidine rings is 1. The molecule has 0 bridgehead atoms. The molecule has 20 heavy (non-hydrogen) atoms. The molecule has 1 saturated heterocycles. The number of rotatable bonds is 2. The molecule has 2 rings (SSSR count). The average Bonchev–Trinajstić information content (AvgIpc) is 2.38. The topological polar surface area (TPSA) is 89.9 Å². The van der Waals surface area contributed by atoms with Crippen LogP contribution in [0.1, 0.15) is 45.4 Å². The molecule has 2 amide bonds. The quantitative estimate of drug-likeness (QED) is 0.710. The van der Waals surface area contributed by atoms with Gasteiger partial charge in [0.05, 0.1) is 18.1 Å². The van der Waals surface area contributed by atoms with Crippen molar-refractivity contribution in [2.75, 3.05) is 13.1 Å². The Bertz CT molecular complexity index is 375. The van der Waals surface area contributed by atoms with E-state index in [1.54, 1.807) is 11.8 Å². The van der Waals surface area contributed by atoms with E-state index in [9.17, 15) is 14.7 Å². The Balaban J connectivity index is 1.79. The van der Waals surface area contributed by atoms with Crippen LogP contribution in [0, 0.1) is 5.92 Å². The third-order valence-corrected chi connectivity index (χ3v) is 4.37. The number of urea groups is 1. The molecule has 0 radical (unpaired) electrons. The van der Waals surface area contributed by atoms with Gasteiger partial charge in [-0.05, 0) is 45.4 Å². The fraction of sp³-hybridized carbons (Fsp3) is 0.857. The SMILES string of the molecule is CC1(O)CCCN(C(=O)NC2CCC(C(=O)O)CC2)C1. The molecule has 0 aromatic rings. The molecule has 3 N–H and O–H groups in total. The largest absolute Gasteiger partial charge is 0.481 e. The van der Waals surface area contributed by atoms with Crippen molar-refractivity contribution in [1.29, 1.82) is 0 Å². The maximum Gasteiger partial charge on any atom is 0.317 e. The van der Waals surface area contributed by atoms with Crippen molar-refractivity contribution in [2.45, 2.75) is 57.1 Å². The monoisotopic (exact) mass is 284 g/mol. The highest BCUT2D eigenvalue weighted by atomic mass is 16.4. The maximum atomic E-state index is 12.2. The van der Waals surface area contributed by atoms with E-state index in [1.807, 2.05) is 0 Å². The van der Waals surface area contributed by atoms with Gasteiger partial charge in [-0.2, -0.15) is 0 Å². The van der Waals surface area contributed by atoms with Crippen LogP contribution in [-0.4, -0.2) is 51.8 Å². The third-order valence-electron chi connectivity index (χ3n) is 4.37. The number of carbonyl (C=O) groups excluding carboxylic acids is 1. The minimum Gasteiger partial charge on any atom is -0.481 e. The second-order valence-corrected chi connectivity index (χ2v) is 6.36. The molecule has 1 aliphatic carbocycles. The van der Waals surface area contributed by atoms with Crippen molar-refractivity contribution in [3.05, 3.63) is 0 Å². The predicted molar refractivity (Wildman–Crippen MR) is 73.3 cm³/mol.